The van der Waals surface area contributed by atoms with Crippen LogP contribution >= 0.6 is 22.6 Å². The van der Waals surface area contributed by atoms with Crippen molar-refractivity contribution in [3.05, 3.63) is 21.8 Å². The minimum absolute atomic E-state index is 0.225. The zero-order valence-electron chi connectivity index (χ0n) is 13.8. The van der Waals surface area contributed by atoms with Crippen molar-refractivity contribution in [3.63, 3.8) is 0 Å². The molecule has 1 aliphatic heterocycles. The van der Waals surface area contributed by atoms with Gasteiger partial charge in [0.05, 0.1) is 17.1 Å². The van der Waals surface area contributed by atoms with Crippen LogP contribution in [0, 0.1) is 10.5 Å². The van der Waals surface area contributed by atoms with Crippen molar-refractivity contribution >= 4 is 39.7 Å². The third kappa shape index (κ3) is 3.29. The van der Waals surface area contributed by atoms with E-state index in [-0.39, 0.29) is 12.1 Å². The Hall–Kier alpha value is -1.38. The Balaban J connectivity index is 1.83. The highest BCUT2D eigenvalue weighted by Gasteiger charge is 2.31. The van der Waals surface area contributed by atoms with Gasteiger partial charge >= 0.3 is 6.09 Å². The zero-order chi connectivity index (χ0) is 16.8. The molecule has 1 unspecified atom stereocenters. The third-order valence-corrected chi connectivity index (χ3v) is 4.78. The van der Waals surface area contributed by atoms with Gasteiger partial charge in [0.15, 0.2) is 0 Å². The summed E-state index contributed by atoms with van der Waals surface area (Å²) in [5, 5.41) is 1.10. The van der Waals surface area contributed by atoms with E-state index in [9.17, 15) is 4.79 Å². The molecule has 3 rings (SSSR count). The maximum absolute atomic E-state index is 12.2. The average Bonchev–Trinajstić information content (AvgIpc) is 3.02. The first kappa shape index (κ1) is 16.5. The van der Waals surface area contributed by atoms with Gasteiger partial charge < -0.3 is 14.2 Å². The van der Waals surface area contributed by atoms with Crippen LogP contribution in [0.2, 0.25) is 0 Å². The highest BCUT2D eigenvalue weighted by atomic mass is 127. The van der Waals surface area contributed by atoms with E-state index in [1.807, 2.05) is 27.7 Å². The van der Waals surface area contributed by atoms with Crippen molar-refractivity contribution in [2.45, 2.75) is 45.8 Å². The van der Waals surface area contributed by atoms with Crippen molar-refractivity contribution in [1.29, 1.82) is 0 Å². The van der Waals surface area contributed by atoms with E-state index in [0.29, 0.717) is 13.1 Å². The van der Waals surface area contributed by atoms with Gasteiger partial charge in [-0.25, -0.2) is 14.8 Å². The Morgan fingerprint density at radius 2 is 2.13 bits per heavy atom. The van der Waals surface area contributed by atoms with Crippen LogP contribution in [0.25, 0.3) is 11.0 Å². The van der Waals surface area contributed by atoms with E-state index >= 15 is 0 Å². The van der Waals surface area contributed by atoms with E-state index < -0.39 is 5.60 Å². The molecular formula is C16H21IN4O2. The fourth-order valence-corrected chi connectivity index (χ4v) is 3.86. The summed E-state index contributed by atoms with van der Waals surface area (Å²) in [6.45, 7) is 9.02. The fourth-order valence-electron chi connectivity index (χ4n) is 2.92. The lowest BCUT2D eigenvalue weighted by molar-refractivity contribution is 0.0289. The average molecular weight is 428 g/mol. The number of likely N-dealkylation sites (tertiary alicyclic amines) is 1. The first-order chi connectivity index (χ1) is 10.8. The van der Waals surface area contributed by atoms with Crippen LogP contribution in [0.3, 0.4) is 0 Å². The number of rotatable bonds is 1. The molecule has 23 heavy (non-hydrogen) atoms. The van der Waals surface area contributed by atoms with E-state index in [2.05, 4.69) is 43.3 Å². The van der Waals surface area contributed by atoms with Gasteiger partial charge in [-0.1, -0.05) is 0 Å². The van der Waals surface area contributed by atoms with Gasteiger partial charge in [0, 0.05) is 22.9 Å². The summed E-state index contributed by atoms with van der Waals surface area (Å²) < 4.78 is 8.79. The number of amides is 1. The molecule has 0 saturated carbocycles. The Kier molecular flexibility index (Phi) is 4.24. The fraction of sp³-hybridized carbons (Fsp3) is 0.562. The number of halogens is 1. The molecule has 0 bridgehead atoms. The number of ether oxygens (including phenoxy) is 1. The molecule has 0 N–H and O–H groups in total. The number of hydrogen-bond acceptors (Lipinski definition) is 4. The van der Waals surface area contributed by atoms with E-state index in [0.717, 1.165) is 26.7 Å². The second-order valence-corrected chi connectivity index (χ2v) is 8.07. The van der Waals surface area contributed by atoms with Gasteiger partial charge in [0.2, 0.25) is 0 Å². The second-order valence-electron chi connectivity index (χ2n) is 6.91. The minimum Gasteiger partial charge on any atom is -0.444 e. The van der Waals surface area contributed by atoms with Gasteiger partial charge in [0.25, 0.3) is 0 Å². The lowest BCUT2D eigenvalue weighted by atomic mass is 10.2. The molecule has 0 radical (unpaired) electrons. The predicted octanol–water partition coefficient (Wildman–Crippen LogP) is 3.53. The van der Waals surface area contributed by atoms with Crippen molar-refractivity contribution in [2.24, 2.45) is 0 Å². The van der Waals surface area contributed by atoms with Crippen LogP contribution in [0.5, 0.6) is 0 Å². The topological polar surface area (TPSA) is 60.2 Å². The van der Waals surface area contributed by atoms with Crippen molar-refractivity contribution in [3.8, 4) is 0 Å². The normalized spacial score (nSPS) is 18.7. The number of carbonyl (C=O) groups excluding carboxylic acids is 1. The summed E-state index contributed by atoms with van der Waals surface area (Å²) in [5.74, 6) is 0. The van der Waals surface area contributed by atoms with Gasteiger partial charge in [-0.3, -0.25) is 0 Å². The molecule has 1 saturated heterocycles. The number of nitrogens with zero attached hydrogens (tertiary/aromatic N) is 4. The van der Waals surface area contributed by atoms with Crippen LogP contribution in [0.15, 0.2) is 12.5 Å². The molecule has 0 aromatic carbocycles. The number of aromatic nitrogens is 3. The van der Waals surface area contributed by atoms with Crippen LogP contribution in [0.4, 0.5) is 4.79 Å². The molecule has 0 aliphatic carbocycles. The first-order valence-corrected chi connectivity index (χ1v) is 8.79. The summed E-state index contributed by atoms with van der Waals surface area (Å²) in [7, 11) is 0. The van der Waals surface area contributed by atoms with Crippen molar-refractivity contribution in [2.75, 3.05) is 13.1 Å². The molecule has 1 atom stereocenters. The Bertz CT molecular complexity index is 750. The van der Waals surface area contributed by atoms with Crippen LogP contribution in [-0.2, 0) is 4.74 Å². The maximum Gasteiger partial charge on any atom is 0.410 e. The quantitative estimate of drug-likeness (QED) is 0.653. The predicted molar refractivity (Wildman–Crippen MR) is 96.4 cm³/mol. The number of hydrogen-bond donors (Lipinski definition) is 0. The largest absolute Gasteiger partial charge is 0.444 e. The number of aryl methyl sites for hydroxylation is 1. The monoisotopic (exact) mass is 428 g/mol. The van der Waals surface area contributed by atoms with Gasteiger partial charge in [0.1, 0.15) is 17.6 Å². The summed E-state index contributed by atoms with van der Waals surface area (Å²) in [4.78, 5) is 22.7. The molecule has 2 aromatic heterocycles. The zero-order valence-corrected chi connectivity index (χ0v) is 16.0. The first-order valence-electron chi connectivity index (χ1n) is 7.72. The molecule has 3 heterocycles. The maximum atomic E-state index is 12.2. The Morgan fingerprint density at radius 1 is 1.39 bits per heavy atom. The SMILES string of the molecule is Cc1ncnc2c1c(I)cn2C1CCN(C(=O)OC(C)(C)C)C1. The highest BCUT2D eigenvalue weighted by molar-refractivity contribution is 14.1. The van der Waals surface area contributed by atoms with Crippen LogP contribution in [0.1, 0.15) is 38.9 Å². The minimum atomic E-state index is -0.463. The Labute approximate surface area is 149 Å². The van der Waals surface area contributed by atoms with E-state index in [1.165, 1.54) is 0 Å². The van der Waals surface area contributed by atoms with Crippen molar-refractivity contribution < 1.29 is 9.53 Å². The van der Waals surface area contributed by atoms with E-state index in [1.54, 1.807) is 11.2 Å². The third-order valence-electron chi connectivity index (χ3n) is 3.96. The molecular weight excluding hydrogens is 407 g/mol. The van der Waals surface area contributed by atoms with Gasteiger partial charge in [-0.05, 0) is 56.7 Å². The molecule has 1 fully saturated rings. The summed E-state index contributed by atoms with van der Waals surface area (Å²) in [6, 6.07) is 0.225. The smallest absolute Gasteiger partial charge is 0.410 e. The lowest BCUT2D eigenvalue weighted by Crippen LogP contribution is -2.35. The second kappa shape index (κ2) is 5.92. The van der Waals surface area contributed by atoms with Crippen LogP contribution in [-0.4, -0.2) is 44.2 Å². The molecule has 0 spiro atoms. The summed E-state index contributed by atoms with van der Waals surface area (Å²) in [6.07, 6.45) is 4.38. The molecule has 1 amide bonds. The van der Waals surface area contributed by atoms with E-state index in [4.69, 9.17) is 4.74 Å². The Morgan fingerprint density at radius 3 is 2.83 bits per heavy atom. The van der Waals surface area contributed by atoms with Crippen LogP contribution < -0.4 is 0 Å². The van der Waals surface area contributed by atoms with Gasteiger partial charge in [-0.15, -0.1) is 0 Å². The standard InChI is InChI=1S/C16H21IN4O2/c1-10-13-12(17)8-21(14(13)19-9-18-10)11-5-6-20(7-11)15(22)23-16(2,3)4/h8-9,11H,5-7H2,1-4H3. The summed E-state index contributed by atoms with van der Waals surface area (Å²) in [5.41, 5.74) is 1.47. The molecule has 2 aromatic rings. The molecule has 6 nitrogen and oxygen atoms in total. The van der Waals surface area contributed by atoms with Crippen molar-refractivity contribution in [1.82, 2.24) is 19.4 Å². The van der Waals surface area contributed by atoms with Gasteiger partial charge in [-0.2, -0.15) is 0 Å². The lowest BCUT2D eigenvalue weighted by Gasteiger charge is -2.24. The number of carbonyl (C=O) groups is 1. The number of fused-ring (bicyclic) bond motifs is 1. The molecule has 7 heteroatoms. The highest BCUT2D eigenvalue weighted by Crippen LogP contribution is 2.30. The molecule has 1 aliphatic rings. The molecule has 124 valence electrons. The summed E-state index contributed by atoms with van der Waals surface area (Å²) >= 11 is 2.32.